The van der Waals surface area contributed by atoms with E-state index in [1.54, 1.807) is 17.1 Å². The molecule has 0 saturated carbocycles. The number of nitrogens with zero attached hydrogens (tertiary/aromatic N) is 3. The molecule has 0 N–H and O–H groups in total. The van der Waals surface area contributed by atoms with Crippen LogP contribution in [0, 0.1) is 0 Å². The Morgan fingerprint density at radius 2 is 1.92 bits per heavy atom. The second kappa shape index (κ2) is 9.29. The Bertz CT molecular complexity index is 707. The molecule has 1 atom stereocenters. The van der Waals surface area contributed by atoms with Gasteiger partial charge in [-0.2, -0.15) is 0 Å². The first kappa shape index (κ1) is 19.8. The number of hydroxylamine groups is 1. The Labute approximate surface area is 163 Å². The summed E-state index contributed by atoms with van der Waals surface area (Å²) in [5.41, 5.74) is 1.83. The minimum atomic E-state index is -3.50. The third kappa shape index (κ3) is 4.46. The van der Waals surface area contributed by atoms with Crippen LogP contribution in [0.5, 0.6) is 5.75 Å². The quantitative estimate of drug-likeness (QED) is 0.487. The van der Waals surface area contributed by atoms with E-state index in [0.717, 1.165) is 11.1 Å². The Kier molecular flexibility index (Phi) is 7.06. The van der Waals surface area contributed by atoms with Crippen molar-refractivity contribution in [1.82, 2.24) is 14.5 Å². The van der Waals surface area contributed by atoms with E-state index in [9.17, 15) is 4.89 Å². The minimum absolute atomic E-state index is 0.282. The lowest BCUT2D eigenvalue weighted by Gasteiger charge is -2.44. The van der Waals surface area contributed by atoms with E-state index < -0.39 is 8.02 Å². The topological polar surface area (TPSA) is 60.9 Å². The number of pyridine rings is 1. The molecule has 1 aliphatic rings. The van der Waals surface area contributed by atoms with Gasteiger partial charge < -0.3 is 9.42 Å². The van der Waals surface area contributed by atoms with E-state index in [1.807, 2.05) is 36.4 Å². The fourth-order valence-electron chi connectivity index (χ4n) is 2.63. The maximum absolute atomic E-state index is 13.8. The largest absolute Gasteiger partial charge is 0.617 e. The van der Waals surface area contributed by atoms with Gasteiger partial charge in [0.25, 0.3) is 0 Å². The predicted octanol–water partition coefficient (Wildman–Crippen LogP) is 3.23. The van der Waals surface area contributed by atoms with Crippen molar-refractivity contribution >= 4 is 31.2 Å². The third-order valence-electron chi connectivity index (χ3n) is 3.94. The monoisotopic (exact) mass is 415 g/mol. The highest BCUT2D eigenvalue weighted by molar-refractivity contribution is 7.59. The number of rotatable bonds is 8. The van der Waals surface area contributed by atoms with Gasteiger partial charge in [-0.3, -0.25) is 9.82 Å². The fraction of sp³-hybridized carbons (Fsp3) is 0.353. The average Bonchev–Trinajstić information content (AvgIpc) is 2.67. The van der Waals surface area contributed by atoms with Crippen molar-refractivity contribution in [3.05, 3.63) is 59.9 Å². The number of benzene rings is 1. The van der Waals surface area contributed by atoms with Gasteiger partial charge in [-0.05, 0) is 16.5 Å². The van der Waals surface area contributed by atoms with E-state index in [4.69, 9.17) is 32.6 Å². The van der Waals surface area contributed by atoms with E-state index in [1.165, 1.54) is 4.83 Å². The Balaban J connectivity index is 1.86. The zero-order chi connectivity index (χ0) is 18.4. The molecule has 1 unspecified atom stereocenters. The molecule has 0 saturated heterocycles. The number of aromatic nitrogens is 1. The SMILES string of the molecule is [O-][P+]1(N(CCCl)CCCl)Oc2cnccc2CN1OCc1ccccc1. The molecule has 1 aliphatic heterocycles. The van der Waals surface area contributed by atoms with Gasteiger partial charge in [-0.1, -0.05) is 30.3 Å². The first-order valence-electron chi connectivity index (χ1n) is 8.22. The van der Waals surface area contributed by atoms with Crippen molar-refractivity contribution in [3.8, 4) is 5.75 Å². The smallest absolute Gasteiger partial charge is 0.327 e. The van der Waals surface area contributed by atoms with Crippen LogP contribution in [-0.2, 0) is 18.0 Å². The van der Waals surface area contributed by atoms with Crippen molar-refractivity contribution < 1.29 is 14.3 Å². The zero-order valence-corrected chi connectivity index (χ0v) is 16.5. The second-order valence-corrected chi connectivity index (χ2v) is 8.60. The van der Waals surface area contributed by atoms with Gasteiger partial charge in [-0.25, -0.2) is 0 Å². The molecule has 140 valence electrons. The van der Waals surface area contributed by atoms with Gasteiger partial charge in [0.05, 0.1) is 32.4 Å². The van der Waals surface area contributed by atoms with Crippen LogP contribution in [-0.4, -0.2) is 39.3 Å². The number of alkyl halides is 2. The van der Waals surface area contributed by atoms with E-state index >= 15 is 0 Å². The summed E-state index contributed by atoms with van der Waals surface area (Å²) in [7, 11) is -3.50. The average molecular weight is 416 g/mol. The van der Waals surface area contributed by atoms with Gasteiger partial charge in [0.15, 0.2) is 0 Å². The lowest BCUT2D eigenvalue weighted by molar-refractivity contribution is -0.257. The van der Waals surface area contributed by atoms with Gasteiger partial charge >= 0.3 is 8.02 Å². The molecule has 0 aliphatic carbocycles. The van der Waals surface area contributed by atoms with Crippen LogP contribution in [0.2, 0.25) is 0 Å². The van der Waals surface area contributed by atoms with Gasteiger partial charge in [-0.15, -0.1) is 27.9 Å². The van der Waals surface area contributed by atoms with Crippen LogP contribution in [0.4, 0.5) is 0 Å². The highest BCUT2D eigenvalue weighted by Gasteiger charge is 2.50. The van der Waals surface area contributed by atoms with E-state index in [2.05, 4.69) is 4.98 Å². The fourth-order valence-corrected chi connectivity index (χ4v) is 5.42. The summed E-state index contributed by atoms with van der Waals surface area (Å²) < 4.78 is 7.54. The highest BCUT2D eigenvalue weighted by Crippen LogP contribution is 2.61. The Morgan fingerprint density at radius 1 is 1.19 bits per heavy atom. The van der Waals surface area contributed by atoms with Crippen molar-refractivity contribution in [3.63, 3.8) is 0 Å². The molecule has 0 spiro atoms. The van der Waals surface area contributed by atoms with Gasteiger partial charge in [0.2, 0.25) is 5.75 Å². The summed E-state index contributed by atoms with van der Waals surface area (Å²) in [6.07, 6.45) is 3.24. The molecule has 1 aromatic heterocycles. The lowest BCUT2D eigenvalue weighted by atomic mass is 10.2. The normalized spacial score (nSPS) is 20.0. The maximum Gasteiger partial charge on any atom is 0.327 e. The molecule has 0 radical (unpaired) electrons. The first-order chi connectivity index (χ1) is 12.7. The Morgan fingerprint density at radius 3 is 2.62 bits per heavy atom. The number of halogens is 2. The molecule has 9 heteroatoms. The van der Waals surface area contributed by atoms with E-state index in [-0.39, 0.29) is 6.61 Å². The molecule has 0 bridgehead atoms. The predicted molar refractivity (Wildman–Crippen MR) is 102 cm³/mol. The summed E-state index contributed by atoms with van der Waals surface area (Å²) in [6.45, 7) is 1.34. The summed E-state index contributed by atoms with van der Waals surface area (Å²) >= 11 is 11.8. The first-order valence-corrected chi connectivity index (χ1v) is 10.8. The van der Waals surface area contributed by atoms with Crippen LogP contribution in [0.15, 0.2) is 48.8 Å². The molecular formula is C17H20Cl2N3O3P. The number of fused-ring (bicyclic) bond motifs is 1. The summed E-state index contributed by atoms with van der Waals surface area (Å²) in [5.74, 6) is 1.09. The highest BCUT2D eigenvalue weighted by atomic mass is 35.5. The maximum atomic E-state index is 13.8. The van der Waals surface area contributed by atoms with Crippen LogP contribution >= 0.6 is 31.2 Å². The van der Waals surface area contributed by atoms with Crippen molar-refractivity contribution in [2.45, 2.75) is 13.2 Å². The van der Waals surface area contributed by atoms with Gasteiger partial charge in [0.1, 0.15) is 0 Å². The van der Waals surface area contributed by atoms with Crippen LogP contribution < -0.4 is 9.42 Å². The third-order valence-corrected chi connectivity index (χ3v) is 6.65. The molecule has 2 aromatic rings. The summed E-state index contributed by atoms with van der Waals surface area (Å²) in [6, 6.07) is 11.5. The second-order valence-electron chi connectivity index (χ2n) is 5.67. The number of hydrogen-bond acceptors (Lipinski definition) is 6. The molecular weight excluding hydrogens is 396 g/mol. The van der Waals surface area contributed by atoms with Crippen LogP contribution in [0.25, 0.3) is 0 Å². The molecule has 6 nitrogen and oxygen atoms in total. The molecule has 3 rings (SSSR count). The Hall–Kier alpha value is -0.980. The summed E-state index contributed by atoms with van der Waals surface area (Å²) in [5, 5.41) is 0. The van der Waals surface area contributed by atoms with Crippen LogP contribution in [0.3, 0.4) is 0 Å². The van der Waals surface area contributed by atoms with Gasteiger partial charge in [0, 0.05) is 23.5 Å². The summed E-state index contributed by atoms with van der Waals surface area (Å²) in [4.78, 5) is 25.2. The zero-order valence-electron chi connectivity index (χ0n) is 14.1. The van der Waals surface area contributed by atoms with E-state index in [0.29, 0.717) is 37.1 Å². The van der Waals surface area contributed by atoms with Crippen LogP contribution in [0.1, 0.15) is 11.1 Å². The van der Waals surface area contributed by atoms with Crippen molar-refractivity contribution in [2.24, 2.45) is 0 Å². The molecule has 0 fully saturated rings. The molecule has 1 aromatic carbocycles. The lowest BCUT2D eigenvalue weighted by Crippen LogP contribution is -2.48. The standard InChI is InChI=1S/C17H20Cl2N3O3P/c18-7-10-21(11-8-19)26(23)22(24-14-15-4-2-1-3-5-15)13-16-6-9-20-12-17(16)25-26/h1-6,9,12H,7-8,10-11,13-14H2. The molecule has 2 heterocycles. The molecule has 0 amide bonds. The minimum Gasteiger partial charge on any atom is -0.617 e. The molecule has 26 heavy (non-hydrogen) atoms. The van der Waals surface area contributed by atoms with Crippen molar-refractivity contribution in [2.75, 3.05) is 24.8 Å². The van der Waals surface area contributed by atoms with Crippen molar-refractivity contribution in [1.29, 1.82) is 0 Å². The number of hydrogen-bond donors (Lipinski definition) is 0.